The fraction of sp³-hybridized carbons (Fsp3) is 0.353. The largest absolute Gasteiger partial charge is 0.489 e. The molecule has 27 heavy (non-hydrogen) atoms. The highest BCUT2D eigenvalue weighted by molar-refractivity contribution is 6.32. The van der Waals surface area contributed by atoms with Crippen LogP contribution >= 0.6 is 11.6 Å². The van der Waals surface area contributed by atoms with Crippen molar-refractivity contribution in [3.05, 3.63) is 47.4 Å². The van der Waals surface area contributed by atoms with Gasteiger partial charge in [0.1, 0.15) is 24.0 Å². The van der Waals surface area contributed by atoms with Gasteiger partial charge in [-0.2, -0.15) is 27.8 Å². The van der Waals surface area contributed by atoms with Crippen LogP contribution in [0.2, 0.25) is 5.02 Å². The summed E-state index contributed by atoms with van der Waals surface area (Å²) in [6.07, 6.45) is -2.13. The van der Waals surface area contributed by atoms with Crippen LogP contribution in [0.4, 0.5) is 19.0 Å². The van der Waals surface area contributed by atoms with E-state index in [0.29, 0.717) is 42.5 Å². The lowest BCUT2D eigenvalue weighted by atomic mass is 10.1. The van der Waals surface area contributed by atoms with Gasteiger partial charge in [-0.25, -0.2) is 4.98 Å². The Hall–Kier alpha value is -2.55. The summed E-state index contributed by atoms with van der Waals surface area (Å²) in [6, 6.07) is 8.22. The lowest BCUT2D eigenvalue weighted by molar-refractivity contribution is -0.141. The summed E-state index contributed by atoms with van der Waals surface area (Å²) in [6.45, 7) is 1.04. The average Bonchev–Trinajstić information content (AvgIpc) is 3.11. The van der Waals surface area contributed by atoms with Gasteiger partial charge >= 0.3 is 6.18 Å². The quantitative estimate of drug-likeness (QED) is 0.672. The number of piperidine rings is 1. The van der Waals surface area contributed by atoms with E-state index in [0.717, 1.165) is 6.07 Å². The van der Waals surface area contributed by atoms with Crippen LogP contribution < -0.4 is 9.64 Å². The molecule has 3 heterocycles. The molecule has 0 N–H and O–H groups in total. The van der Waals surface area contributed by atoms with E-state index >= 15 is 0 Å². The number of halogens is 4. The van der Waals surface area contributed by atoms with Crippen molar-refractivity contribution in [2.75, 3.05) is 18.0 Å². The lowest BCUT2D eigenvalue weighted by Crippen LogP contribution is -2.39. The molecule has 142 valence electrons. The van der Waals surface area contributed by atoms with Crippen LogP contribution in [-0.4, -0.2) is 38.8 Å². The van der Waals surface area contributed by atoms with Crippen molar-refractivity contribution in [3.8, 4) is 5.75 Å². The van der Waals surface area contributed by atoms with Crippen LogP contribution in [0.1, 0.15) is 18.5 Å². The summed E-state index contributed by atoms with van der Waals surface area (Å²) in [5, 5.41) is 4.54. The van der Waals surface area contributed by atoms with Crippen molar-refractivity contribution in [3.63, 3.8) is 0 Å². The lowest BCUT2D eigenvalue weighted by Gasteiger charge is -2.33. The fourth-order valence-electron chi connectivity index (χ4n) is 3.09. The van der Waals surface area contributed by atoms with Crippen LogP contribution in [0, 0.1) is 0 Å². The molecular weight excluding hydrogens is 383 g/mol. The van der Waals surface area contributed by atoms with Gasteiger partial charge in [0.25, 0.3) is 5.78 Å². The van der Waals surface area contributed by atoms with Gasteiger partial charge in [0.05, 0.1) is 5.02 Å². The van der Waals surface area contributed by atoms with E-state index in [9.17, 15) is 13.2 Å². The van der Waals surface area contributed by atoms with Crippen LogP contribution in [0.25, 0.3) is 5.78 Å². The number of hydrogen-bond donors (Lipinski definition) is 0. The van der Waals surface area contributed by atoms with Crippen molar-refractivity contribution in [2.45, 2.75) is 25.1 Å². The van der Waals surface area contributed by atoms with Gasteiger partial charge in [0.2, 0.25) is 0 Å². The second-order valence-corrected chi connectivity index (χ2v) is 6.61. The first-order chi connectivity index (χ1) is 12.9. The Kier molecular flexibility index (Phi) is 4.55. The minimum Gasteiger partial charge on any atom is -0.489 e. The second-order valence-electron chi connectivity index (χ2n) is 6.20. The SMILES string of the molecule is FC(F)(F)c1cc(N2CCC(Oc3ccccc3Cl)CC2)n2ncnc2n1. The summed E-state index contributed by atoms with van der Waals surface area (Å²) in [4.78, 5) is 9.18. The van der Waals surface area contributed by atoms with Crippen molar-refractivity contribution >= 4 is 23.2 Å². The number of anilines is 1. The zero-order chi connectivity index (χ0) is 19.0. The molecule has 1 aliphatic heterocycles. The van der Waals surface area contributed by atoms with E-state index in [-0.39, 0.29) is 11.9 Å². The zero-order valence-electron chi connectivity index (χ0n) is 14.0. The van der Waals surface area contributed by atoms with Crippen LogP contribution in [0.3, 0.4) is 0 Å². The van der Waals surface area contributed by atoms with E-state index < -0.39 is 11.9 Å². The monoisotopic (exact) mass is 397 g/mol. The summed E-state index contributed by atoms with van der Waals surface area (Å²) >= 11 is 6.11. The number of benzene rings is 1. The molecule has 1 aliphatic rings. The first-order valence-corrected chi connectivity index (χ1v) is 8.74. The van der Waals surface area contributed by atoms with E-state index in [1.54, 1.807) is 12.1 Å². The number of alkyl halides is 3. The minimum absolute atomic E-state index is 0.0590. The van der Waals surface area contributed by atoms with Gasteiger partial charge in [-0.1, -0.05) is 23.7 Å². The second kappa shape index (κ2) is 6.88. The van der Waals surface area contributed by atoms with Gasteiger partial charge in [-0.15, -0.1) is 0 Å². The number of fused-ring (bicyclic) bond motifs is 1. The Bertz CT molecular complexity index is 953. The maximum absolute atomic E-state index is 13.1. The molecular formula is C17H15ClF3N5O. The third-order valence-corrected chi connectivity index (χ3v) is 4.73. The Labute approximate surface area is 157 Å². The number of hydrogen-bond acceptors (Lipinski definition) is 5. The summed E-state index contributed by atoms with van der Waals surface area (Å²) in [5.41, 5.74) is -0.979. The number of aromatic nitrogens is 4. The molecule has 0 saturated carbocycles. The highest BCUT2D eigenvalue weighted by Gasteiger charge is 2.35. The molecule has 1 saturated heterocycles. The molecule has 0 atom stereocenters. The fourth-order valence-corrected chi connectivity index (χ4v) is 3.27. The normalized spacial score (nSPS) is 16.1. The number of nitrogens with zero attached hydrogens (tertiary/aromatic N) is 5. The summed E-state index contributed by atoms with van der Waals surface area (Å²) in [7, 11) is 0. The summed E-state index contributed by atoms with van der Waals surface area (Å²) < 4.78 is 46.7. The van der Waals surface area contributed by atoms with Gasteiger partial charge in [-0.3, -0.25) is 0 Å². The highest BCUT2D eigenvalue weighted by atomic mass is 35.5. The molecule has 10 heteroatoms. The maximum Gasteiger partial charge on any atom is 0.433 e. The van der Waals surface area contributed by atoms with Gasteiger partial charge in [0, 0.05) is 32.0 Å². The van der Waals surface area contributed by atoms with Crippen LogP contribution in [0.15, 0.2) is 36.7 Å². The summed E-state index contributed by atoms with van der Waals surface area (Å²) in [5.74, 6) is 0.856. The Morgan fingerprint density at radius 3 is 2.59 bits per heavy atom. The topological polar surface area (TPSA) is 55.6 Å². The predicted octanol–water partition coefficient (Wildman–Crippen LogP) is 3.84. The van der Waals surface area contributed by atoms with Gasteiger partial charge in [0.15, 0.2) is 5.69 Å². The standard InChI is InChI=1S/C17H15ClF3N5O/c18-12-3-1-2-4-13(12)27-11-5-7-25(8-6-11)15-9-14(17(19,20)21)24-16-22-10-23-26(15)16/h1-4,9-11H,5-8H2. The van der Waals surface area contributed by atoms with Gasteiger partial charge < -0.3 is 9.64 Å². The zero-order valence-corrected chi connectivity index (χ0v) is 14.8. The molecule has 4 rings (SSSR count). The Balaban J connectivity index is 1.53. The Morgan fingerprint density at radius 2 is 1.89 bits per heavy atom. The molecule has 1 aromatic carbocycles. The molecule has 0 spiro atoms. The number of ether oxygens (including phenoxy) is 1. The predicted molar refractivity (Wildman–Crippen MR) is 93.1 cm³/mol. The van der Waals surface area contributed by atoms with E-state index in [2.05, 4.69) is 15.1 Å². The van der Waals surface area contributed by atoms with Crippen molar-refractivity contribution in [1.82, 2.24) is 19.6 Å². The van der Waals surface area contributed by atoms with E-state index in [4.69, 9.17) is 16.3 Å². The molecule has 0 unspecified atom stereocenters. The first kappa shape index (κ1) is 17.8. The Morgan fingerprint density at radius 1 is 1.15 bits per heavy atom. The average molecular weight is 398 g/mol. The first-order valence-electron chi connectivity index (χ1n) is 8.36. The molecule has 0 bridgehead atoms. The molecule has 0 aliphatic carbocycles. The number of para-hydroxylation sites is 1. The molecule has 6 nitrogen and oxygen atoms in total. The molecule has 3 aromatic rings. The minimum atomic E-state index is -4.55. The van der Waals surface area contributed by atoms with Crippen molar-refractivity contribution in [2.24, 2.45) is 0 Å². The molecule has 2 aromatic heterocycles. The number of rotatable bonds is 3. The van der Waals surface area contributed by atoms with Gasteiger partial charge in [-0.05, 0) is 12.1 Å². The van der Waals surface area contributed by atoms with Crippen LogP contribution in [0.5, 0.6) is 5.75 Å². The van der Waals surface area contributed by atoms with Crippen molar-refractivity contribution < 1.29 is 17.9 Å². The molecule has 0 radical (unpaired) electrons. The third kappa shape index (κ3) is 3.64. The van der Waals surface area contributed by atoms with Crippen molar-refractivity contribution in [1.29, 1.82) is 0 Å². The van der Waals surface area contributed by atoms with Crippen LogP contribution in [-0.2, 0) is 6.18 Å². The smallest absolute Gasteiger partial charge is 0.433 e. The maximum atomic E-state index is 13.1. The highest BCUT2D eigenvalue weighted by Crippen LogP contribution is 2.32. The van der Waals surface area contributed by atoms with E-state index in [1.165, 1.54) is 10.8 Å². The third-order valence-electron chi connectivity index (χ3n) is 4.42. The molecule has 1 fully saturated rings. The van der Waals surface area contributed by atoms with E-state index in [1.807, 2.05) is 17.0 Å². The molecule has 0 amide bonds.